The Morgan fingerprint density at radius 3 is 2.82 bits per heavy atom. The molecule has 4 rings (SSSR count). The number of nitrogens with one attached hydrogen (secondary N) is 2. The van der Waals surface area contributed by atoms with Gasteiger partial charge in [-0.2, -0.15) is 10.2 Å². The van der Waals surface area contributed by atoms with Gasteiger partial charge in [-0.1, -0.05) is 0 Å². The molecule has 1 atom stereocenters. The van der Waals surface area contributed by atoms with Crippen LogP contribution in [-0.2, 0) is 6.54 Å². The van der Waals surface area contributed by atoms with E-state index in [1.807, 2.05) is 47.4 Å². The van der Waals surface area contributed by atoms with Crippen LogP contribution in [0.15, 0.2) is 48.8 Å². The van der Waals surface area contributed by atoms with Crippen LogP contribution in [-0.4, -0.2) is 45.7 Å². The van der Waals surface area contributed by atoms with Crippen LogP contribution in [0.1, 0.15) is 35.1 Å². The van der Waals surface area contributed by atoms with Crippen LogP contribution in [0.4, 0.5) is 0 Å². The number of hydrogen-bond donors (Lipinski definition) is 2. The summed E-state index contributed by atoms with van der Waals surface area (Å²) in [4.78, 5) is 12.4. The van der Waals surface area contributed by atoms with E-state index in [1.54, 1.807) is 17.9 Å². The van der Waals surface area contributed by atoms with Gasteiger partial charge >= 0.3 is 0 Å². The lowest BCUT2D eigenvalue weighted by atomic mass is 10.1. The third-order valence-corrected chi connectivity index (χ3v) is 4.90. The monoisotopic (exact) mass is 380 g/mol. The first-order valence-electron chi connectivity index (χ1n) is 9.46. The highest BCUT2D eigenvalue weighted by Crippen LogP contribution is 2.16. The van der Waals surface area contributed by atoms with Crippen molar-refractivity contribution in [2.75, 3.05) is 20.2 Å². The minimum Gasteiger partial charge on any atom is -0.497 e. The Bertz CT molecular complexity index is 924. The van der Waals surface area contributed by atoms with Gasteiger partial charge in [0.1, 0.15) is 11.4 Å². The summed E-state index contributed by atoms with van der Waals surface area (Å²) in [6, 6.07) is 11.6. The third-order valence-electron chi connectivity index (χ3n) is 4.90. The molecule has 2 N–H and O–H groups in total. The molecule has 2 aromatic heterocycles. The zero-order chi connectivity index (χ0) is 19.3. The quantitative estimate of drug-likeness (QED) is 0.683. The Morgan fingerprint density at radius 2 is 2.07 bits per heavy atom. The molecule has 1 aliphatic rings. The van der Waals surface area contributed by atoms with Gasteiger partial charge in [0.15, 0.2) is 0 Å². The molecule has 28 heavy (non-hydrogen) atoms. The fourth-order valence-corrected chi connectivity index (χ4v) is 3.32. The summed E-state index contributed by atoms with van der Waals surface area (Å²) in [6.45, 7) is 2.29. The third kappa shape index (κ3) is 4.07. The summed E-state index contributed by atoms with van der Waals surface area (Å²) >= 11 is 0. The van der Waals surface area contributed by atoms with Crippen molar-refractivity contribution >= 4 is 5.91 Å². The SMILES string of the molecule is COc1ccc(-n2ccc(CNC(=O)c3ccn(C4CCCNC4)n3)n2)cc1. The molecular formula is C20H24N6O2. The molecule has 146 valence electrons. The summed E-state index contributed by atoms with van der Waals surface area (Å²) in [5, 5.41) is 15.2. The molecule has 8 heteroatoms. The molecule has 8 nitrogen and oxygen atoms in total. The second kappa shape index (κ2) is 8.26. The number of rotatable bonds is 6. The van der Waals surface area contributed by atoms with Gasteiger partial charge in [-0.25, -0.2) is 4.68 Å². The van der Waals surface area contributed by atoms with E-state index in [0.717, 1.165) is 43.1 Å². The van der Waals surface area contributed by atoms with E-state index in [-0.39, 0.29) is 5.91 Å². The summed E-state index contributed by atoms with van der Waals surface area (Å²) in [5.41, 5.74) is 2.14. The predicted molar refractivity (Wildman–Crippen MR) is 105 cm³/mol. The lowest BCUT2D eigenvalue weighted by molar-refractivity contribution is 0.0944. The van der Waals surface area contributed by atoms with E-state index in [4.69, 9.17) is 4.74 Å². The summed E-state index contributed by atoms with van der Waals surface area (Å²) < 4.78 is 8.83. The highest BCUT2D eigenvalue weighted by molar-refractivity contribution is 5.92. The number of ether oxygens (including phenoxy) is 1. The second-order valence-corrected chi connectivity index (χ2v) is 6.81. The highest BCUT2D eigenvalue weighted by atomic mass is 16.5. The van der Waals surface area contributed by atoms with Gasteiger partial charge in [0.25, 0.3) is 5.91 Å². The van der Waals surface area contributed by atoms with Crippen LogP contribution in [0.3, 0.4) is 0 Å². The topological polar surface area (TPSA) is 86.0 Å². The summed E-state index contributed by atoms with van der Waals surface area (Å²) in [6.07, 6.45) is 5.96. The zero-order valence-corrected chi connectivity index (χ0v) is 15.8. The van der Waals surface area contributed by atoms with Crippen molar-refractivity contribution in [1.82, 2.24) is 30.2 Å². The van der Waals surface area contributed by atoms with Crippen LogP contribution < -0.4 is 15.4 Å². The first kappa shape index (κ1) is 18.2. The Labute approximate surface area is 163 Å². The van der Waals surface area contributed by atoms with Crippen molar-refractivity contribution in [2.24, 2.45) is 0 Å². The summed E-state index contributed by atoms with van der Waals surface area (Å²) in [5.74, 6) is 0.605. The molecule has 0 saturated carbocycles. The van der Waals surface area contributed by atoms with Crippen LogP contribution in [0.2, 0.25) is 0 Å². The van der Waals surface area contributed by atoms with Gasteiger partial charge in [-0.15, -0.1) is 0 Å². The average molecular weight is 380 g/mol. The van der Waals surface area contributed by atoms with E-state index < -0.39 is 0 Å². The maximum Gasteiger partial charge on any atom is 0.272 e. The van der Waals surface area contributed by atoms with Crippen molar-refractivity contribution in [1.29, 1.82) is 0 Å². The van der Waals surface area contributed by atoms with E-state index in [2.05, 4.69) is 20.8 Å². The van der Waals surface area contributed by atoms with Gasteiger partial charge < -0.3 is 15.4 Å². The number of hydrogen-bond acceptors (Lipinski definition) is 5. The number of carbonyl (C=O) groups is 1. The van der Waals surface area contributed by atoms with Crippen LogP contribution in [0.5, 0.6) is 5.75 Å². The number of aromatic nitrogens is 4. The first-order chi connectivity index (χ1) is 13.7. The number of benzene rings is 1. The minimum atomic E-state index is -0.193. The molecular weight excluding hydrogens is 356 g/mol. The molecule has 0 bridgehead atoms. The Hall–Kier alpha value is -3.13. The van der Waals surface area contributed by atoms with Crippen LogP contribution in [0.25, 0.3) is 5.69 Å². The van der Waals surface area contributed by atoms with Crippen molar-refractivity contribution in [3.63, 3.8) is 0 Å². The number of carbonyl (C=O) groups excluding carboxylic acids is 1. The van der Waals surface area contributed by atoms with E-state index in [1.165, 1.54) is 0 Å². The molecule has 0 spiro atoms. The highest BCUT2D eigenvalue weighted by Gasteiger charge is 2.17. The van der Waals surface area contributed by atoms with Crippen molar-refractivity contribution in [2.45, 2.75) is 25.4 Å². The Balaban J connectivity index is 1.35. The lowest BCUT2D eigenvalue weighted by Crippen LogP contribution is -2.32. The molecule has 1 saturated heterocycles. The number of piperidine rings is 1. The van der Waals surface area contributed by atoms with E-state index in [0.29, 0.717) is 18.3 Å². The van der Waals surface area contributed by atoms with Crippen LogP contribution in [0, 0.1) is 0 Å². The number of nitrogens with zero attached hydrogens (tertiary/aromatic N) is 4. The zero-order valence-electron chi connectivity index (χ0n) is 15.8. The minimum absolute atomic E-state index is 0.193. The van der Waals surface area contributed by atoms with Gasteiger partial charge in [-0.05, 0) is 55.8 Å². The average Bonchev–Trinajstić information content (AvgIpc) is 3.43. The van der Waals surface area contributed by atoms with Gasteiger partial charge in [-0.3, -0.25) is 9.48 Å². The molecule has 0 radical (unpaired) electrons. The molecule has 1 amide bonds. The molecule has 1 aromatic carbocycles. The maximum atomic E-state index is 12.4. The molecule has 1 fully saturated rings. The van der Waals surface area contributed by atoms with E-state index in [9.17, 15) is 4.79 Å². The smallest absolute Gasteiger partial charge is 0.272 e. The largest absolute Gasteiger partial charge is 0.497 e. The first-order valence-corrected chi connectivity index (χ1v) is 9.46. The Kier molecular flexibility index (Phi) is 5.38. The molecule has 3 aromatic rings. The van der Waals surface area contributed by atoms with Crippen molar-refractivity contribution < 1.29 is 9.53 Å². The number of methoxy groups -OCH3 is 1. The van der Waals surface area contributed by atoms with Gasteiger partial charge in [0.05, 0.1) is 31.1 Å². The maximum absolute atomic E-state index is 12.4. The van der Waals surface area contributed by atoms with Crippen molar-refractivity contribution in [3.8, 4) is 11.4 Å². The standard InChI is InChI=1S/C20H24N6O2/c1-28-18-6-4-16(5-7-18)25-11-8-15(23-25)13-22-20(27)19-9-12-26(24-19)17-3-2-10-21-14-17/h4-9,11-12,17,21H,2-3,10,13-14H2,1H3,(H,22,27). The predicted octanol–water partition coefficient (Wildman–Crippen LogP) is 1.93. The summed E-state index contributed by atoms with van der Waals surface area (Å²) in [7, 11) is 1.64. The molecule has 1 unspecified atom stereocenters. The second-order valence-electron chi connectivity index (χ2n) is 6.81. The van der Waals surface area contributed by atoms with Gasteiger partial charge in [0.2, 0.25) is 0 Å². The molecule has 3 heterocycles. The number of amides is 1. The normalized spacial score (nSPS) is 16.7. The van der Waals surface area contributed by atoms with Crippen LogP contribution >= 0.6 is 0 Å². The fraction of sp³-hybridized carbons (Fsp3) is 0.350. The molecule has 0 aliphatic carbocycles. The van der Waals surface area contributed by atoms with E-state index >= 15 is 0 Å². The lowest BCUT2D eigenvalue weighted by Gasteiger charge is -2.22. The Morgan fingerprint density at radius 1 is 1.21 bits per heavy atom. The molecule has 1 aliphatic heterocycles. The fourth-order valence-electron chi connectivity index (χ4n) is 3.32. The van der Waals surface area contributed by atoms with Crippen molar-refractivity contribution in [3.05, 3.63) is 60.2 Å². The van der Waals surface area contributed by atoms with Gasteiger partial charge in [0, 0.05) is 18.9 Å².